The molecule has 1 aliphatic heterocycles. The Labute approximate surface area is 232 Å². The predicted octanol–water partition coefficient (Wildman–Crippen LogP) is 1.14. The summed E-state index contributed by atoms with van der Waals surface area (Å²) < 4.78 is 5.68. The van der Waals surface area contributed by atoms with Gasteiger partial charge in [-0.15, -0.1) is 0 Å². The SMILES string of the molecule is CC(C)CC(C(=O)NC(C(=O)NCCOc1ccc(CC2SC(=O)NC2=O)cc1)C(C)(C)C)C(O)C(=O)NO. The summed E-state index contributed by atoms with van der Waals surface area (Å²) >= 11 is 0.970. The normalized spacial score (nSPS) is 17.7. The lowest BCUT2D eigenvalue weighted by Crippen LogP contribution is -2.57. The Morgan fingerprint density at radius 2 is 1.72 bits per heavy atom. The third kappa shape index (κ3) is 9.83. The zero-order chi connectivity index (χ0) is 29.3. The van der Waals surface area contributed by atoms with Crippen LogP contribution < -0.4 is 26.2 Å². The first-order valence-electron chi connectivity index (χ1n) is 12.7. The molecule has 13 heteroatoms. The summed E-state index contributed by atoms with van der Waals surface area (Å²) in [5, 5.41) is 26.0. The number of aliphatic hydroxyl groups excluding tert-OH is 1. The monoisotopic (exact) mass is 566 g/mol. The minimum Gasteiger partial charge on any atom is -0.492 e. The van der Waals surface area contributed by atoms with E-state index in [0.29, 0.717) is 12.2 Å². The number of ether oxygens (including phenoxy) is 1. The first-order chi connectivity index (χ1) is 18.2. The highest BCUT2D eigenvalue weighted by Crippen LogP contribution is 2.24. The molecular weight excluding hydrogens is 528 g/mol. The molecule has 0 aliphatic carbocycles. The van der Waals surface area contributed by atoms with Gasteiger partial charge in [-0.25, -0.2) is 5.48 Å². The molecule has 4 unspecified atom stereocenters. The van der Waals surface area contributed by atoms with Crippen LogP contribution in [0.15, 0.2) is 24.3 Å². The number of carbonyl (C=O) groups excluding carboxylic acids is 5. The van der Waals surface area contributed by atoms with Gasteiger partial charge in [0.05, 0.1) is 17.7 Å². The van der Waals surface area contributed by atoms with Crippen molar-refractivity contribution in [2.75, 3.05) is 13.2 Å². The molecule has 6 N–H and O–H groups in total. The fourth-order valence-electron chi connectivity index (χ4n) is 3.97. The van der Waals surface area contributed by atoms with Crippen molar-refractivity contribution in [2.24, 2.45) is 17.3 Å². The summed E-state index contributed by atoms with van der Waals surface area (Å²) in [6.07, 6.45) is -1.20. The van der Waals surface area contributed by atoms with Crippen molar-refractivity contribution in [3.05, 3.63) is 29.8 Å². The number of nitrogens with one attached hydrogen (secondary N) is 4. The van der Waals surface area contributed by atoms with Crippen LogP contribution in [0.5, 0.6) is 5.75 Å². The number of rotatable bonds is 13. The van der Waals surface area contributed by atoms with Crippen LogP contribution in [0.3, 0.4) is 0 Å². The highest BCUT2D eigenvalue weighted by Gasteiger charge is 2.38. The van der Waals surface area contributed by atoms with E-state index >= 15 is 0 Å². The molecule has 2 rings (SSSR count). The third-order valence-corrected chi connectivity index (χ3v) is 7.00. The van der Waals surface area contributed by atoms with E-state index in [1.165, 1.54) is 5.48 Å². The van der Waals surface area contributed by atoms with Crippen molar-refractivity contribution < 1.29 is 39.0 Å². The van der Waals surface area contributed by atoms with Gasteiger partial charge in [-0.05, 0) is 41.9 Å². The quantitative estimate of drug-likeness (QED) is 0.116. The van der Waals surface area contributed by atoms with Gasteiger partial charge >= 0.3 is 0 Å². The Bertz CT molecular complexity index is 1040. The average molecular weight is 567 g/mol. The molecule has 39 heavy (non-hydrogen) atoms. The van der Waals surface area contributed by atoms with Gasteiger partial charge < -0.3 is 20.5 Å². The molecule has 0 spiro atoms. The molecule has 0 radical (unpaired) electrons. The van der Waals surface area contributed by atoms with Crippen LogP contribution >= 0.6 is 11.8 Å². The van der Waals surface area contributed by atoms with Crippen molar-refractivity contribution in [2.45, 2.75) is 64.9 Å². The molecule has 0 saturated carbocycles. The second-order valence-electron chi connectivity index (χ2n) is 10.8. The van der Waals surface area contributed by atoms with E-state index in [-0.39, 0.29) is 36.6 Å². The van der Waals surface area contributed by atoms with Crippen LogP contribution in [-0.2, 0) is 25.6 Å². The van der Waals surface area contributed by atoms with E-state index in [1.54, 1.807) is 45.0 Å². The Morgan fingerprint density at radius 3 is 2.23 bits per heavy atom. The molecule has 1 heterocycles. The summed E-state index contributed by atoms with van der Waals surface area (Å²) in [6, 6.07) is 6.10. The van der Waals surface area contributed by atoms with Crippen molar-refractivity contribution >= 4 is 40.6 Å². The van der Waals surface area contributed by atoms with E-state index < -0.39 is 46.5 Å². The van der Waals surface area contributed by atoms with Crippen molar-refractivity contribution in [3.8, 4) is 5.75 Å². The highest BCUT2D eigenvalue weighted by atomic mass is 32.2. The Kier molecular flexibility index (Phi) is 11.7. The first kappa shape index (κ1) is 32.1. The highest BCUT2D eigenvalue weighted by molar-refractivity contribution is 8.15. The molecule has 0 bridgehead atoms. The molecule has 5 amide bonds. The standard InChI is InChI=1S/C26H38N4O8S/c1-14(2)12-17(19(31)23(34)30-37)21(32)28-20(26(3,4)5)24(35)27-10-11-38-16-8-6-15(7-9-16)13-18-22(33)29-25(36)39-18/h6-9,14,17-20,31,37H,10-13H2,1-5H3,(H,27,35)(H,28,32)(H,30,34)(H,29,33,36). The van der Waals surface area contributed by atoms with Gasteiger partial charge in [0.15, 0.2) is 0 Å². The summed E-state index contributed by atoms with van der Waals surface area (Å²) in [5.74, 6) is -3.18. The average Bonchev–Trinajstić information content (AvgIpc) is 3.18. The lowest BCUT2D eigenvalue weighted by atomic mass is 9.84. The zero-order valence-electron chi connectivity index (χ0n) is 22.8. The Morgan fingerprint density at radius 1 is 1.08 bits per heavy atom. The van der Waals surface area contributed by atoms with Gasteiger partial charge in [-0.1, -0.05) is 58.5 Å². The second-order valence-corrected chi connectivity index (χ2v) is 12.0. The Balaban J connectivity index is 1.91. The molecule has 1 saturated heterocycles. The predicted molar refractivity (Wildman–Crippen MR) is 144 cm³/mol. The van der Waals surface area contributed by atoms with Crippen molar-refractivity contribution in [1.82, 2.24) is 21.4 Å². The van der Waals surface area contributed by atoms with E-state index in [2.05, 4.69) is 16.0 Å². The minimum atomic E-state index is -1.78. The van der Waals surface area contributed by atoms with Gasteiger partial charge in [-0.2, -0.15) is 0 Å². The molecule has 1 aromatic rings. The maximum absolute atomic E-state index is 13.0. The van der Waals surface area contributed by atoms with Gasteiger partial charge in [-0.3, -0.25) is 34.5 Å². The molecule has 12 nitrogen and oxygen atoms in total. The summed E-state index contributed by atoms with van der Waals surface area (Å²) in [5.41, 5.74) is 1.54. The maximum Gasteiger partial charge on any atom is 0.286 e. The van der Waals surface area contributed by atoms with Gasteiger partial charge in [0.2, 0.25) is 17.7 Å². The third-order valence-electron chi connectivity index (χ3n) is 6.02. The van der Waals surface area contributed by atoms with Crippen molar-refractivity contribution in [3.63, 3.8) is 0 Å². The van der Waals surface area contributed by atoms with Crippen LogP contribution in [0.4, 0.5) is 4.79 Å². The first-order valence-corrected chi connectivity index (χ1v) is 13.5. The largest absolute Gasteiger partial charge is 0.492 e. The smallest absolute Gasteiger partial charge is 0.286 e. The molecule has 216 valence electrons. The molecule has 1 aromatic carbocycles. The lowest BCUT2D eigenvalue weighted by Gasteiger charge is -2.32. The van der Waals surface area contributed by atoms with Crippen LogP contribution in [0.2, 0.25) is 0 Å². The summed E-state index contributed by atoms with van der Waals surface area (Å²) in [4.78, 5) is 60.8. The van der Waals surface area contributed by atoms with E-state index in [4.69, 9.17) is 9.94 Å². The van der Waals surface area contributed by atoms with E-state index in [1.807, 2.05) is 13.8 Å². The number of carbonyl (C=O) groups is 5. The van der Waals surface area contributed by atoms with Crippen LogP contribution in [0, 0.1) is 17.3 Å². The zero-order valence-corrected chi connectivity index (χ0v) is 23.6. The number of amides is 5. The van der Waals surface area contributed by atoms with Gasteiger partial charge in [0, 0.05) is 0 Å². The molecule has 4 atom stereocenters. The van der Waals surface area contributed by atoms with Crippen molar-refractivity contribution in [1.29, 1.82) is 0 Å². The fraction of sp³-hybridized carbons (Fsp3) is 0.577. The molecular formula is C26H38N4O8S. The van der Waals surface area contributed by atoms with Crippen LogP contribution in [-0.4, -0.2) is 69.7 Å². The van der Waals surface area contributed by atoms with Gasteiger partial charge in [0.25, 0.3) is 11.1 Å². The number of hydroxylamine groups is 1. The number of aliphatic hydroxyl groups is 1. The number of imide groups is 1. The molecule has 1 fully saturated rings. The summed E-state index contributed by atoms with van der Waals surface area (Å²) in [7, 11) is 0. The van der Waals surface area contributed by atoms with Gasteiger partial charge in [0.1, 0.15) is 24.5 Å². The van der Waals surface area contributed by atoms with Crippen LogP contribution in [0.25, 0.3) is 0 Å². The van der Waals surface area contributed by atoms with E-state index in [0.717, 1.165) is 17.3 Å². The van der Waals surface area contributed by atoms with Crippen LogP contribution in [0.1, 0.15) is 46.6 Å². The number of thioether (sulfide) groups is 1. The molecule has 0 aromatic heterocycles. The topological polar surface area (TPSA) is 183 Å². The molecule has 1 aliphatic rings. The minimum absolute atomic E-state index is 0.0414. The second kappa shape index (κ2) is 14.3. The van der Waals surface area contributed by atoms with E-state index in [9.17, 15) is 29.1 Å². The number of benzene rings is 1. The number of hydrogen-bond donors (Lipinski definition) is 6. The summed E-state index contributed by atoms with van der Waals surface area (Å²) in [6.45, 7) is 9.25. The Hall–Kier alpha value is -3.16. The number of hydrogen-bond acceptors (Lipinski definition) is 9. The maximum atomic E-state index is 13.0. The fourth-order valence-corrected chi connectivity index (χ4v) is 4.83. The lowest BCUT2D eigenvalue weighted by molar-refractivity contribution is -0.147.